The van der Waals surface area contributed by atoms with Crippen LogP contribution in [0.2, 0.25) is 0 Å². The van der Waals surface area contributed by atoms with Gasteiger partial charge in [-0.05, 0) is 0 Å². The summed E-state index contributed by atoms with van der Waals surface area (Å²) < 4.78 is 0. The van der Waals surface area contributed by atoms with Crippen molar-refractivity contribution in [3.63, 3.8) is 0 Å². The number of amides is 2. The van der Waals surface area contributed by atoms with E-state index >= 15 is 0 Å². The molecule has 0 spiro atoms. The number of nitro groups is 2. The summed E-state index contributed by atoms with van der Waals surface area (Å²) in [5.41, 5.74) is 14.7. The third kappa shape index (κ3) is 22.8. The molecule has 7 N–H and O–H groups in total. The highest BCUT2D eigenvalue weighted by Crippen LogP contribution is 1.60. The van der Waals surface area contributed by atoms with Gasteiger partial charge in [0.15, 0.2) is 11.5 Å². The number of guanidine groups is 1. The van der Waals surface area contributed by atoms with Gasteiger partial charge in [-0.3, -0.25) is 0 Å². The highest BCUT2D eigenvalue weighted by molar-refractivity contribution is 5.89. The highest BCUT2D eigenvalue weighted by Gasteiger charge is 1.99. The predicted molar refractivity (Wildman–Crippen MR) is 42.5 cm³/mol. The minimum Gasteiger partial charge on any atom is -0.370 e. The molecule has 0 unspecified atom stereocenters. The van der Waals surface area contributed by atoms with Crippen LogP contribution < -0.4 is 22.7 Å². The number of nitrogens with one attached hydrogen (secondary N) is 1. The van der Waals surface area contributed by atoms with Crippen LogP contribution in [-0.4, -0.2) is 22.1 Å². The van der Waals surface area contributed by atoms with Crippen molar-refractivity contribution >= 4 is 12.0 Å². The number of primary amides is 1. The first kappa shape index (κ1) is 13.9. The van der Waals surface area contributed by atoms with Crippen LogP contribution in [0.5, 0.6) is 0 Å². The first-order chi connectivity index (χ1) is 6.25. The summed E-state index contributed by atoms with van der Waals surface area (Å²) >= 11 is 0. The number of hydrogen-bond acceptors (Lipinski definition) is 5. The number of carbonyl (C=O) groups is 1. The first-order valence-electron chi connectivity index (χ1n) is 2.69. The minimum absolute atomic E-state index is 0.312. The third-order valence-corrected chi connectivity index (χ3v) is 0.403. The average molecular weight is 209 g/mol. The van der Waals surface area contributed by atoms with E-state index in [2.05, 4.69) is 10.7 Å². The molecule has 0 saturated carbocycles. The number of nitrogens with two attached hydrogens (primary N) is 3. The maximum atomic E-state index is 9.68. The zero-order chi connectivity index (χ0) is 11.7. The molecule has 0 saturated heterocycles. The number of hydrogen-bond donors (Lipinski definition) is 4. The summed E-state index contributed by atoms with van der Waals surface area (Å²) in [5, 5.41) is 15.6. The summed E-state index contributed by atoms with van der Waals surface area (Å²) in [6, 6.07) is -0.875. The van der Waals surface area contributed by atoms with Crippen molar-refractivity contribution < 1.29 is 14.9 Å². The Labute approximate surface area is 76.0 Å². The Morgan fingerprint density at radius 2 is 1.50 bits per heavy atom. The molecule has 12 nitrogen and oxygen atoms in total. The van der Waals surface area contributed by atoms with E-state index in [1.807, 2.05) is 0 Å². The molecule has 0 bridgehead atoms. The molecule has 0 aliphatic rings. The van der Waals surface area contributed by atoms with Crippen molar-refractivity contribution in [1.29, 1.82) is 0 Å². The van der Waals surface area contributed by atoms with Crippen LogP contribution in [0, 0.1) is 20.2 Å². The highest BCUT2D eigenvalue weighted by atomic mass is 16.8. The van der Waals surface area contributed by atoms with Gasteiger partial charge in [0.1, 0.15) is 0 Å². The molecule has 0 rings (SSSR count). The molecular formula is C2H7N7O5. The maximum absolute atomic E-state index is 9.68. The van der Waals surface area contributed by atoms with Crippen molar-refractivity contribution in [1.82, 2.24) is 5.53 Å². The standard InChI is InChI=1S/C2H6N4O.HN3O4/c3-1(4)6-2(5)7;4-2(5)1-3(6)7/h(H6,3,4,5,6,7);1H. The lowest BCUT2D eigenvalue weighted by atomic mass is 11.0. The Hall–Kier alpha value is -2.66. The van der Waals surface area contributed by atoms with Gasteiger partial charge in [0, 0.05) is 0 Å². The SMILES string of the molecule is NC(=O)N=C(N)N.O=[N+]([O-])N[N+](=O)[O-]. The van der Waals surface area contributed by atoms with Gasteiger partial charge in [0.05, 0.1) is 0 Å². The number of nitrogens with zero attached hydrogens (tertiary/aromatic N) is 3. The zero-order valence-electron chi connectivity index (χ0n) is 6.61. The lowest BCUT2D eigenvalue weighted by Gasteiger charge is -1.82. The molecule has 0 fully saturated rings. The van der Waals surface area contributed by atoms with Gasteiger partial charge in [-0.1, -0.05) is 0 Å². The summed E-state index contributed by atoms with van der Waals surface area (Å²) in [4.78, 5) is 30.7. The van der Waals surface area contributed by atoms with E-state index in [1.165, 1.54) is 0 Å². The number of carbonyl (C=O) groups excluding carboxylic acids is 1. The second kappa shape index (κ2) is 7.01. The van der Waals surface area contributed by atoms with Gasteiger partial charge in [-0.15, -0.1) is 0 Å². The van der Waals surface area contributed by atoms with Gasteiger partial charge >= 0.3 is 6.03 Å². The molecule has 0 aromatic carbocycles. The maximum Gasteiger partial charge on any atom is 0.341 e. The summed E-state index contributed by atoms with van der Waals surface area (Å²) in [6.07, 6.45) is 0. The van der Waals surface area contributed by atoms with Crippen LogP contribution in [0.15, 0.2) is 4.99 Å². The molecule has 80 valence electrons. The van der Waals surface area contributed by atoms with Gasteiger partial charge in [0.25, 0.3) is 0 Å². The Kier molecular flexibility index (Phi) is 6.96. The second-order valence-corrected chi connectivity index (χ2v) is 1.49. The van der Waals surface area contributed by atoms with Crippen molar-refractivity contribution in [3.05, 3.63) is 20.2 Å². The van der Waals surface area contributed by atoms with Crippen LogP contribution in [0.3, 0.4) is 0 Å². The fraction of sp³-hybridized carbons (Fsp3) is 0. The van der Waals surface area contributed by atoms with Crippen molar-refractivity contribution in [2.75, 3.05) is 0 Å². The molecule has 0 aromatic rings. The van der Waals surface area contributed by atoms with E-state index in [-0.39, 0.29) is 5.96 Å². The molecule has 0 atom stereocenters. The van der Waals surface area contributed by atoms with Crippen molar-refractivity contribution in [2.24, 2.45) is 22.2 Å². The van der Waals surface area contributed by atoms with E-state index in [0.29, 0.717) is 0 Å². The second-order valence-electron chi connectivity index (χ2n) is 1.49. The number of aliphatic imine (C=N–C) groups is 1. The third-order valence-electron chi connectivity index (χ3n) is 0.403. The van der Waals surface area contributed by atoms with E-state index in [1.54, 1.807) is 0 Å². The Morgan fingerprint density at radius 1 is 1.14 bits per heavy atom. The molecule has 0 heterocycles. The van der Waals surface area contributed by atoms with E-state index in [9.17, 15) is 4.79 Å². The van der Waals surface area contributed by atoms with Crippen LogP contribution in [0.4, 0.5) is 4.79 Å². The van der Waals surface area contributed by atoms with Crippen LogP contribution in [0.1, 0.15) is 0 Å². The smallest absolute Gasteiger partial charge is 0.341 e. The lowest BCUT2D eigenvalue weighted by molar-refractivity contribution is -0.778. The largest absolute Gasteiger partial charge is 0.370 e. The molecule has 12 heteroatoms. The predicted octanol–water partition coefficient (Wildman–Crippen LogP) is -2.70. The normalized spacial score (nSPS) is 7.43. The van der Waals surface area contributed by atoms with Gasteiger partial charge in [-0.2, -0.15) is 4.99 Å². The van der Waals surface area contributed by atoms with Crippen LogP contribution in [0.25, 0.3) is 0 Å². The van der Waals surface area contributed by atoms with E-state index < -0.39 is 16.1 Å². The first-order valence-corrected chi connectivity index (χ1v) is 2.69. The molecule has 0 aliphatic heterocycles. The van der Waals surface area contributed by atoms with E-state index in [0.717, 1.165) is 5.53 Å². The van der Waals surface area contributed by atoms with Gasteiger partial charge in [0.2, 0.25) is 10.1 Å². The summed E-state index contributed by atoms with van der Waals surface area (Å²) in [7, 11) is 0. The molecule has 0 aromatic heterocycles. The fourth-order valence-corrected chi connectivity index (χ4v) is 0.194. The number of rotatable bonds is 2. The Bertz CT molecular complexity index is 243. The lowest BCUT2D eigenvalue weighted by Crippen LogP contribution is -2.27. The van der Waals surface area contributed by atoms with Crippen LogP contribution >= 0.6 is 0 Å². The molecule has 0 radical (unpaired) electrons. The number of hydrazine groups is 2. The van der Waals surface area contributed by atoms with Gasteiger partial charge < -0.3 is 17.2 Å². The summed E-state index contributed by atoms with van der Waals surface area (Å²) in [6.45, 7) is 0. The van der Waals surface area contributed by atoms with Crippen molar-refractivity contribution in [3.8, 4) is 0 Å². The minimum atomic E-state index is -1.25. The number of urea groups is 1. The van der Waals surface area contributed by atoms with Crippen LogP contribution in [-0.2, 0) is 0 Å². The van der Waals surface area contributed by atoms with E-state index in [4.69, 9.17) is 31.7 Å². The summed E-state index contributed by atoms with van der Waals surface area (Å²) in [5.74, 6) is -0.312. The van der Waals surface area contributed by atoms with Gasteiger partial charge in [-0.25, -0.2) is 25.0 Å². The molecule has 2 amide bonds. The quantitative estimate of drug-likeness (QED) is 0.162. The molecule has 14 heavy (non-hydrogen) atoms. The fourth-order valence-electron chi connectivity index (χ4n) is 0.194. The van der Waals surface area contributed by atoms with Crippen molar-refractivity contribution in [2.45, 2.75) is 0 Å². The molecule has 0 aliphatic carbocycles. The molecular weight excluding hydrogens is 202 g/mol. The Morgan fingerprint density at radius 3 is 1.50 bits per heavy atom. The monoisotopic (exact) mass is 209 g/mol. The zero-order valence-corrected chi connectivity index (χ0v) is 6.61. The Balaban J connectivity index is 0. The topological polar surface area (TPSA) is 206 Å². The average Bonchev–Trinajstić information content (AvgIpc) is 1.79.